The normalized spacial score (nSPS) is 11.7. The Morgan fingerprint density at radius 2 is 1.21 bits per heavy atom. The van der Waals surface area contributed by atoms with E-state index < -0.39 is 0 Å². The molecule has 0 aliphatic carbocycles. The first-order valence-electron chi connectivity index (χ1n) is 9.42. The topological polar surface area (TPSA) is 26.0 Å². The minimum atomic E-state index is 0.851. The number of fused-ring (bicyclic) bond motifs is 6. The Morgan fingerprint density at radius 1 is 0.536 bits per heavy atom. The molecule has 2 N–H and O–H groups in total. The van der Waals surface area contributed by atoms with Gasteiger partial charge in [0.2, 0.25) is 0 Å². The monoisotopic (exact) mass is 375 g/mol. The van der Waals surface area contributed by atoms with Crippen molar-refractivity contribution >= 4 is 58.7 Å². The highest BCUT2D eigenvalue weighted by atomic mass is 32.1. The summed E-state index contributed by atoms with van der Waals surface area (Å²) in [5.41, 5.74) is 9.83. The zero-order valence-corrected chi connectivity index (χ0v) is 16.0. The smallest absolute Gasteiger partial charge is 0.0473 e. The van der Waals surface area contributed by atoms with Gasteiger partial charge in [-0.2, -0.15) is 0 Å². The lowest BCUT2D eigenvalue weighted by Gasteiger charge is -2.13. The molecule has 0 bridgehead atoms. The first kappa shape index (κ1) is 15.7. The maximum absolute atomic E-state index is 6.66. The van der Waals surface area contributed by atoms with E-state index in [2.05, 4.69) is 91.0 Å². The summed E-state index contributed by atoms with van der Waals surface area (Å²) in [6.07, 6.45) is 0. The van der Waals surface area contributed by atoms with Crippen molar-refractivity contribution < 1.29 is 0 Å². The number of nitrogens with two attached hydrogens (primary N) is 1. The highest BCUT2D eigenvalue weighted by Crippen LogP contribution is 2.44. The average molecular weight is 375 g/mol. The van der Waals surface area contributed by atoms with E-state index in [0.717, 1.165) is 16.6 Å². The van der Waals surface area contributed by atoms with Gasteiger partial charge in [0.1, 0.15) is 0 Å². The van der Waals surface area contributed by atoms with E-state index in [1.54, 1.807) is 0 Å². The molecule has 0 aliphatic rings. The Labute approximate surface area is 166 Å². The van der Waals surface area contributed by atoms with Crippen LogP contribution in [0.2, 0.25) is 0 Å². The van der Waals surface area contributed by atoms with Crippen LogP contribution in [0, 0.1) is 0 Å². The second kappa shape index (κ2) is 5.82. The largest absolute Gasteiger partial charge is 0.398 e. The molecule has 0 unspecified atom stereocenters. The summed E-state index contributed by atoms with van der Waals surface area (Å²) >= 11 is 1.85. The van der Waals surface area contributed by atoms with Gasteiger partial charge in [-0.05, 0) is 33.9 Å². The molecule has 1 aromatic heterocycles. The van der Waals surface area contributed by atoms with E-state index in [1.807, 2.05) is 11.3 Å². The third-order valence-electron chi connectivity index (χ3n) is 5.65. The summed E-state index contributed by atoms with van der Waals surface area (Å²) in [6.45, 7) is 0. The van der Waals surface area contributed by atoms with E-state index in [1.165, 1.54) is 41.9 Å². The number of anilines is 1. The Hall–Kier alpha value is -3.36. The van der Waals surface area contributed by atoms with E-state index in [0.29, 0.717) is 0 Å². The highest BCUT2D eigenvalue weighted by molar-refractivity contribution is 7.26. The number of rotatable bonds is 1. The molecule has 0 aliphatic heterocycles. The maximum atomic E-state index is 6.66. The van der Waals surface area contributed by atoms with Crippen molar-refractivity contribution in [3.63, 3.8) is 0 Å². The predicted molar refractivity (Wildman–Crippen MR) is 124 cm³/mol. The Morgan fingerprint density at radius 3 is 2.07 bits per heavy atom. The van der Waals surface area contributed by atoms with Gasteiger partial charge in [-0.1, -0.05) is 78.9 Å². The molecule has 0 fully saturated rings. The molecular formula is C26H17NS. The first-order valence-corrected chi connectivity index (χ1v) is 10.2. The van der Waals surface area contributed by atoms with Gasteiger partial charge in [0.15, 0.2) is 0 Å². The van der Waals surface area contributed by atoms with Gasteiger partial charge in [0.25, 0.3) is 0 Å². The number of thiophene rings is 1. The molecule has 0 atom stereocenters. The van der Waals surface area contributed by atoms with Gasteiger partial charge in [0, 0.05) is 36.8 Å². The van der Waals surface area contributed by atoms with Crippen LogP contribution in [-0.2, 0) is 0 Å². The van der Waals surface area contributed by atoms with Gasteiger partial charge in [-0.15, -0.1) is 11.3 Å². The van der Waals surface area contributed by atoms with Crippen molar-refractivity contribution in [2.45, 2.75) is 0 Å². The van der Waals surface area contributed by atoms with Crippen LogP contribution in [0.3, 0.4) is 0 Å². The molecule has 1 nitrogen and oxygen atoms in total. The standard InChI is InChI=1S/C26H17NS/c27-26-17-8-2-1-7-16(17)13-14-20(26)22-15-24-25(19-10-4-3-9-18(19)22)21-11-5-6-12-23(21)28-24/h1-15H,27H2. The Bertz CT molecular complexity index is 1520. The van der Waals surface area contributed by atoms with Crippen LogP contribution in [0.4, 0.5) is 5.69 Å². The molecule has 132 valence electrons. The van der Waals surface area contributed by atoms with E-state index in [9.17, 15) is 0 Å². The zero-order valence-electron chi connectivity index (χ0n) is 15.1. The molecule has 0 saturated carbocycles. The second-order valence-corrected chi connectivity index (χ2v) is 8.27. The summed E-state index contributed by atoms with van der Waals surface area (Å²) < 4.78 is 2.63. The van der Waals surface area contributed by atoms with Crippen molar-refractivity contribution in [3.8, 4) is 11.1 Å². The van der Waals surface area contributed by atoms with Gasteiger partial charge >= 0.3 is 0 Å². The van der Waals surface area contributed by atoms with Crippen molar-refractivity contribution in [2.24, 2.45) is 0 Å². The second-order valence-electron chi connectivity index (χ2n) is 7.19. The fraction of sp³-hybridized carbons (Fsp3) is 0. The molecular weight excluding hydrogens is 358 g/mol. The quantitative estimate of drug-likeness (QED) is 0.294. The van der Waals surface area contributed by atoms with Gasteiger partial charge in [0.05, 0.1) is 0 Å². The SMILES string of the molecule is Nc1c(-c2cc3sc4ccccc4c3c3ccccc23)ccc2ccccc12. The minimum Gasteiger partial charge on any atom is -0.398 e. The van der Waals surface area contributed by atoms with E-state index in [4.69, 9.17) is 5.73 Å². The van der Waals surface area contributed by atoms with Crippen LogP contribution in [0.1, 0.15) is 0 Å². The summed E-state index contributed by atoms with van der Waals surface area (Å²) in [4.78, 5) is 0. The molecule has 6 rings (SSSR count). The predicted octanol–water partition coefficient (Wildman–Crippen LogP) is 7.61. The molecule has 0 spiro atoms. The third-order valence-corrected chi connectivity index (χ3v) is 6.76. The zero-order chi connectivity index (χ0) is 18.7. The van der Waals surface area contributed by atoms with Gasteiger partial charge < -0.3 is 5.73 Å². The summed E-state index contributed by atoms with van der Waals surface area (Å²) in [6, 6.07) is 32.3. The third kappa shape index (κ3) is 2.12. The number of benzene rings is 5. The molecule has 1 heterocycles. The average Bonchev–Trinajstić information content (AvgIpc) is 3.12. The lowest BCUT2D eigenvalue weighted by molar-refractivity contribution is 1.69. The Balaban J connectivity index is 1.79. The van der Waals surface area contributed by atoms with Crippen molar-refractivity contribution in [3.05, 3.63) is 91.0 Å². The lowest BCUT2D eigenvalue weighted by Crippen LogP contribution is -1.93. The van der Waals surface area contributed by atoms with Crippen molar-refractivity contribution in [1.82, 2.24) is 0 Å². The fourth-order valence-electron chi connectivity index (χ4n) is 4.34. The Kier molecular flexibility index (Phi) is 3.26. The van der Waals surface area contributed by atoms with Crippen molar-refractivity contribution in [2.75, 3.05) is 5.73 Å². The summed E-state index contributed by atoms with van der Waals surface area (Å²) in [5.74, 6) is 0. The van der Waals surface area contributed by atoms with Crippen LogP contribution >= 0.6 is 11.3 Å². The van der Waals surface area contributed by atoms with Crippen molar-refractivity contribution in [1.29, 1.82) is 0 Å². The van der Waals surface area contributed by atoms with Crippen LogP contribution in [0.25, 0.3) is 52.8 Å². The number of hydrogen-bond donors (Lipinski definition) is 1. The van der Waals surface area contributed by atoms with Crippen LogP contribution in [0.5, 0.6) is 0 Å². The molecule has 0 amide bonds. The molecule has 6 aromatic rings. The molecule has 5 aromatic carbocycles. The number of nitrogen functional groups attached to an aromatic ring is 1. The van der Waals surface area contributed by atoms with Crippen LogP contribution in [-0.4, -0.2) is 0 Å². The van der Waals surface area contributed by atoms with E-state index >= 15 is 0 Å². The van der Waals surface area contributed by atoms with Gasteiger partial charge in [-0.25, -0.2) is 0 Å². The van der Waals surface area contributed by atoms with E-state index in [-0.39, 0.29) is 0 Å². The first-order chi connectivity index (χ1) is 13.8. The molecule has 28 heavy (non-hydrogen) atoms. The van der Waals surface area contributed by atoms with Crippen LogP contribution in [0.15, 0.2) is 91.0 Å². The lowest BCUT2D eigenvalue weighted by atomic mass is 9.92. The molecule has 0 radical (unpaired) electrons. The summed E-state index contributed by atoms with van der Waals surface area (Å²) in [7, 11) is 0. The van der Waals surface area contributed by atoms with Gasteiger partial charge in [-0.3, -0.25) is 0 Å². The molecule has 2 heteroatoms. The number of hydrogen-bond acceptors (Lipinski definition) is 2. The highest BCUT2D eigenvalue weighted by Gasteiger charge is 2.15. The maximum Gasteiger partial charge on any atom is 0.0473 e. The fourth-order valence-corrected chi connectivity index (χ4v) is 5.50. The summed E-state index contributed by atoms with van der Waals surface area (Å²) in [5, 5.41) is 7.51. The minimum absolute atomic E-state index is 0.851. The molecule has 0 saturated heterocycles. The van der Waals surface area contributed by atoms with Crippen LogP contribution < -0.4 is 5.73 Å².